The summed E-state index contributed by atoms with van der Waals surface area (Å²) in [5, 5.41) is 12.4. The number of carboxylic acid groups (broad SMARTS) is 1. The van der Waals surface area contributed by atoms with Gasteiger partial charge in [0.05, 0.1) is 5.56 Å². The van der Waals surface area contributed by atoms with Crippen molar-refractivity contribution in [3.63, 3.8) is 0 Å². The summed E-state index contributed by atoms with van der Waals surface area (Å²) in [4.78, 5) is 11.0. The highest BCUT2D eigenvalue weighted by Crippen LogP contribution is 2.48. The fourth-order valence-electron chi connectivity index (χ4n) is 3.13. The number of hydrogen-bond donors (Lipinski definition) is 2. The van der Waals surface area contributed by atoms with E-state index < -0.39 is 5.97 Å². The lowest BCUT2D eigenvalue weighted by Gasteiger charge is -2.22. The minimum Gasteiger partial charge on any atom is -0.478 e. The van der Waals surface area contributed by atoms with Crippen molar-refractivity contribution < 1.29 is 9.90 Å². The van der Waals surface area contributed by atoms with Crippen LogP contribution in [0.2, 0.25) is 0 Å². The largest absolute Gasteiger partial charge is 0.478 e. The number of carboxylic acids is 1. The number of nitrogens with one attached hydrogen (secondary N) is 1. The molecular formula is C13H16ClNO2. The Morgan fingerprint density at radius 3 is 2.65 bits per heavy atom. The minimum atomic E-state index is -0.831. The van der Waals surface area contributed by atoms with Gasteiger partial charge in [-0.2, -0.15) is 0 Å². The third-order valence-electron chi connectivity index (χ3n) is 4.02. The van der Waals surface area contributed by atoms with Crippen molar-refractivity contribution in [2.24, 2.45) is 0 Å². The van der Waals surface area contributed by atoms with E-state index in [-0.39, 0.29) is 17.8 Å². The Balaban J connectivity index is 0.00000108. The summed E-state index contributed by atoms with van der Waals surface area (Å²) >= 11 is 0. The highest BCUT2D eigenvalue weighted by atomic mass is 35.5. The third-order valence-corrected chi connectivity index (χ3v) is 4.02. The molecule has 1 aliphatic carbocycles. The van der Waals surface area contributed by atoms with Crippen LogP contribution >= 0.6 is 12.4 Å². The first-order chi connectivity index (χ1) is 7.71. The molecule has 3 nitrogen and oxygen atoms in total. The van der Waals surface area contributed by atoms with Crippen LogP contribution in [0.15, 0.2) is 18.2 Å². The van der Waals surface area contributed by atoms with Crippen LogP contribution in [0.4, 0.5) is 5.69 Å². The lowest BCUT2D eigenvalue weighted by atomic mass is 9.80. The number of anilines is 1. The molecule has 3 rings (SSSR count). The molecule has 0 radical (unpaired) electrons. The zero-order valence-corrected chi connectivity index (χ0v) is 10.3. The second-order valence-electron chi connectivity index (χ2n) is 4.91. The molecule has 0 bridgehead atoms. The molecule has 1 saturated carbocycles. The number of halogens is 1. The molecule has 0 amide bonds. The second kappa shape index (κ2) is 4.22. The molecule has 0 saturated heterocycles. The summed E-state index contributed by atoms with van der Waals surface area (Å²) in [6.45, 7) is 0.978. The average Bonchev–Trinajstić information content (AvgIpc) is 2.88. The van der Waals surface area contributed by atoms with Gasteiger partial charge in [0.2, 0.25) is 0 Å². The number of carbonyl (C=O) groups is 1. The number of rotatable bonds is 1. The van der Waals surface area contributed by atoms with Crippen LogP contribution in [0.3, 0.4) is 0 Å². The maximum atomic E-state index is 11.0. The van der Waals surface area contributed by atoms with Crippen LogP contribution in [-0.4, -0.2) is 17.6 Å². The van der Waals surface area contributed by atoms with Crippen LogP contribution in [-0.2, 0) is 5.41 Å². The Kier molecular flexibility index (Phi) is 3.04. The molecule has 1 fully saturated rings. The lowest BCUT2D eigenvalue weighted by Crippen LogP contribution is -2.24. The van der Waals surface area contributed by atoms with E-state index in [9.17, 15) is 4.79 Å². The van der Waals surface area contributed by atoms with Crippen molar-refractivity contribution in [3.8, 4) is 0 Å². The van der Waals surface area contributed by atoms with Crippen LogP contribution in [0.25, 0.3) is 0 Å². The van der Waals surface area contributed by atoms with Crippen LogP contribution in [0.5, 0.6) is 0 Å². The van der Waals surface area contributed by atoms with Gasteiger partial charge in [-0.15, -0.1) is 12.4 Å². The standard InChI is InChI=1S/C13H15NO2.ClH/c15-12(16)9-3-4-11-10(7-9)13(8-14-11)5-1-2-6-13;/h3-4,7,14H,1-2,5-6,8H2,(H,15,16);1H. The zero-order chi connectivity index (χ0) is 11.2. The number of aromatic carboxylic acids is 1. The Bertz CT molecular complexity index is 453. The fourth-order valence-corrected chi connectivity index (χ4v) is 3.13. The van der Waals surface area contributed by atoms with Crippen molar-refractivity contribution in [1.82, 2.24) is 0 Å². The summed E-state index contributed by atoms with van der Waals surface area (Å²) in [6, 6.07) is 5.46. The zero-order valence-electron chi connectivity index (χ0n) is 9.53. The Hall–Kier alpha value is -1.22. The summed E-state index contributed by atoms with van der Waals surface area (Å²) in [5.41, 5.74) is 2.99. The van der Waals surface area contributed by atoms with Crippen molar-refractivity contribution in [2.45, 2.75) is 31.1 Å². The van der Waals surface area contributed by atoms with Gasteiger partial charge < -0.3 is 10.4 Å². The first-order valence-corrected chi connectivity index (χ1v) is 5.83. The molecule has 0 unspecified atom stereocenters. The van der Waals surface area contributed by atoms with Crippen LogP contribution < -0.4 is 5.32 Å². The number of fused-ring (bicyclic) bond motifs is 2. The first kappa shape index (κ1) is 12.2. The Morgan fingerprint density at radius 2 is 2.00 bits per heavy atom. The molecule has 4 heteroatoms. The number of hydrogen-bond acceptors (Lipinski definition) is 2. The molecule has 2 N–H and O–H groups in total. The third kappa shape index (κ3) is 1.78. The predicted molar refractivity (Wildman–Crippen MR) is 69.3 cm³/mol. The Labute approximate surface area is 107 Å². The van der Waals surface area contributed by atoms with Gasteiger partial charge in [0.25, 0.3) is 0 Å². The second-order valence-corrected chi connectivity index (χ2v) is 4.91. The molecule has 1 spiro atoms. The van der Waals surface area contributed by atoms with E-state index in [1.165, 1.54) is 31.2 Å². The van der Waals surface area contributed by atoms with Crippen molar-refractivity contribution >= 4 is 24.1 Å². The molecule has 0 aromatic heterocycles. The molecular weight excluding hydrogens is 238 g/mol. The van der Waals surface area contributed by atoms with Gasteiger partial charge in [0, 0.05) is 17.6 Å². The quantitative estimate of drug-likeness (QED) is 0.809. The molecule has 92 valence electrons. The highest BCUT2D eigenvalue weighted by Gasteiger charge is 2.41. The van der Waals surface area contributed by atoms with Gasteiger partial charge in [0.15, 0.2) is 0 Å². The molecule has 0 atom stereocenters. The molecule has 1 aliphatic heterocycles. The van der Waals surface area contributed by atoms with Crippen LogP contribution in [0, 0.1) is 0 Å². The van der Waals surface area contributed by atoms with Gasteiger partial charge in [0.1, 0.15) is 0 Å². The summed E-state index contributed by atoms with van der Waals surface area (Å²) < 4.78 is 0. The minimum absolute atomic E-state index is 0. The first-order valence-electron chi connectivity index (χ1n) is 5.83. The molecule has 17 heavy (non-hydrogen) atoms. The SMILES string of the molecule is Cl.O=C(O)c1ccc2c(c1)C1(CCCC1)CN2. The maximum absolute atomic E-state index is 11.0. The smallest absolute Gasteiger partial charge is 0.335 e. The monoisotopic (exact) mass is 253 g/mol. The molecule has 1 heterocycles. The van der Waals surface area contributed by atoms with E-state index in [1.807, 2.05) is 12.1 Å². The van der Waals surface area contributed by atoms with Crippen molar-refractivity contribution in [2.75, 3.05) is 11.9 Å². The number of benzene rings is 1. The van der Waals surface area contributed by atoms with Gasteiger partial charge >= 0.3 is 5.97 Å². The topological polar surface area (TPSA) is 49.3 Å². The van der Waals surface area contributed by atoms with Gasteiger partial charge in [-0.3, -0.25) is 0 Å². The van der Waals surface area contributed by atoms with Gasteiger partial charge in [-0.25, -0.2) is 4.79 Å². The summed E-state index contributed by atoms with van der Waals surface area (Å²) in [5.74, 6) is -0.831. The average molecular weight is 254 g/mol. The Morgan fingerprint density at radius 1 is 1.29 bits per heavy atom. The lowest BCUT2D eigenvalue weighted by molar-refractivity contribution is 0.0696. The van der Waals surface area contributed by atoms with E-state index in [4.69, 9.17) is 5.11 Å². The van der Waals surface area contributed by atoms with Gasteiger partial charge in [-0.1, -0.05) is 12.8 Å². The normalized spacial score (nSPS) is 19.5. The highest BCUT2D eigenvalue weighted by molar-refractivity contribution is 5.89. The maximum Gasteiger partial charge on any atom is 0.335 e. The summed E-state index contributed by atoms with van der Waals surface area (Å²) in [7, 11) is 0. The molecule has 2 aliphatic rings. The molecule has 1 aromatic rings. The van der Waals surface area contributed by atoms with Crippen molar-refractivity contribution in [3.05, 3.63) is 29.3 Å². The van der Waals surface area contributed by atoms with Crippen molar-refractivity contribution in [1.29, 1.82) is 0 Å². The van der Waals surface area contributed by atoms with E-state index in [2.05, 4.69) is 5.32 Å². The van der Waals surface area contributed by atoms with E-state index in [0.29, 0.717) is 5.56 Å². The predicted octanol–water partition coefficient (Wildman–Crippen LogP) is 3.04. The van der Waals surface area contributed by atoms with E-state index >= 15 is 0 Å². The summed E-state index contributed by atoms with van der Waals surface area (Å²) in [6.07, 6.45) is 4.91. The fraction of sp³-hybridized carbons (Fsp3) is 0.462. The van der Waals surface area contributed by atoms with Gasteiger partial charge in [-0.05, 0) is 36.6 Å². The van der Waals surface area contributed by atoms with Crippen LogP contribution in [0.1, 0.15) is 41.6 Å². The van der Waals surface area contributed by atoms with E-state index in [1.54, 1.807) is 6.07 Å². The molecule has 1 aromatic carbocycles. The van der Waals surface area contributed by atoms with E-state index in [0.717, 1.165) is 12.2 Å².